The molecule has 2 aliphatic heterocycles. The number of carbonyl (C=O) groups excluding carboxylic acids is 2. The van der Waals surface area contributed by atoms with E-state index in [-0.39, 0.29) is 16.5 Å². The van der Waals surface area contributed by atoms with Crippen LogP contribution in [0.2, 0.25) is 5.02 Å². The van der Waals surface area contributed by atoms with Crippen LogP contribution in [0.4, 0.5) is 17.1 Å². The van der Waals surface area contributed by atoms with E-state index >= 15 is 0 Å². The molecule has 166 valence electrons. The van der Waals surface area contributed by atoms with Crippen molar-refractivity contribution in [2.45, 2.75) is 12.1 Å². The molecule has 2 fully saturated rings. The highest BCUT2D eigenvalue weighted by atomic mass is 35.5. The van der Waals surface area contributed by atoms with Crippen LogP contribution in [0.3, 0.4) is 0 Å². The molecular formula is C23H16ClN3O6. The molecule has 0 bridgehead atoms. The van der Waals surface area contributed by atoms with E-state index < -0.39 is 40.5 Å². The van der Waals surface area contributed by atoms with Crippen molar-refractivity contribution in [2.75, 3.05) is 9.96 Å². The number of hydrogen-bond donors (Lipinski definition) is 1. The normalized spacial score (nSPS) is 22.0. The monoisotopic (exact) mass is 465 g/mol. The third-order valence-corrected chi connectivity index (χ3v) is 6.06. The fourth-order valence-electron chi connectivity index (χ4n) is 4.26. The molecular weight excluding hydrogens is 450 g/mol. The maximum atomic E-state index is 13.5. The fourth-order valence-corrected chi connectivity index (χ4v) is 4.44. The van der Waals surface area contributed by atoms with Crippen LogP contribution in [0, 0.1) is 16.0 Å². The molecule has 0 unspecified atom stereocenters. The number of hydroxylamine groups is 1. The lowest BCUT2D eigenvalue weighted by Gasteiger charge is -2.28. The molecule has 9 nitrogen and oxygen atoms in total. The molecule has 10 heteroatoms. The number of hydrogen-bond acceptors (Lipinski definition) is 7. The minimum absolute atomic E-state index is 0.0508. The summed E-state index contributed by atoms with van der Waals surface area (Å²) in [6, 6.07) is 18.5. The van der Waals surface area contributed by atoms with Gasteiger partial charge >= 0.3 is 0 Å². The van der Waals surface area contributed by atoms with E-state index in [4.69, 9.17) is 16.4 Å². The largest absolute Gasteiger partial charge is 0.508 e. The lowest BCUT2D eigenvalue weighted by atomic mass is 9.90. The second kappa shape index (κ2) is 7.88. The predicted molar refractivity (Wildman–Crippen MR) is 119 cm³/mol. The number of nitro benzene ring substituents is 1. The van der Waals surface area contributed by atoms with E-state index in [0.29, 0.717) is 11.3 Å². The highest BCUT2D eigenvalue weighted by Gasteiger charge is 2.60. The zero-order valence-electron chi connectivity index (χ0n) is 16.9. The number of imide groups is 1. The molecule has 2 heterocycles. The van der Waals surface area contributed by atoms with Gasteiger partial charge in [-0.25, -0.2) is 9.96 Å². The summed E-state index contributed by atoms with van der Waals surface area (Å²) in [4.78, 5) is 44.4. The van der Waals surface area contributed by atoms with Gasteiger partial charge in [0.05, 0.1) is 22.3 Å². The number of halogens is 1. The number of amides is 2. The number of nitrogens with zero attached hydrogens (tertiary/aromatic N) is 3. The average Bonchev–Trinajstić information content (AvgIpc) is 3.31. The lowest BCUT2D eigenvalue weighted by Crippen LogP contribution is -2.37. The lowest BCUT2D eigenvalue weighted by molar-refractivity contribution is -0.384. The van der Waals surface area contributed by atoms with Crippen LogP contribution in [0.25, 0.3) is 0 Å². The molecule has 5 rings (SSSR count). The van der Waals surface area contributed by atoms with Crippen molar-refractivity contribution in [1.29, 1.82) is 0 Å². The van der Waals surface area contributed by atoms with Crippen molar-refractivity contribution >= 4 is 40.5 Å². The summed E-state index contributed by atoms with van der Waals surface area (Å²) in [6.07, 6.45) is -1.12. The minimum atomic E-state index is -1.12. The number of fused-ring (bicyclic) bond motifs is 1. The molecule has 3 aromatic carbocycles. The van der Waals surface area contributed by atoms with Gasteiger partial charge in [0.15, 0.2) is 6.10 Å². The first-order valence-corrected chi connectivity index (χ1v) is 10.4. The highest BCUT2D eigenvalue weighted by Crippen LogP contribution is 2.48. The van der Waals surface area contributed by atoms with E-state index in [1.165, 1.54) is 29.3 Å². The Morgan fingerprint density at radius 1 is 0.939 bits per heavy atom. The molecule has 0 aliphatic carbocycles. The van der Waals surface area contributed by atoms with Crippen molar-refractivity contribution in [3.8, 4) is 5.75 Å². The molecule has 2 saturated heterocycles. The van der Waals surface area contributed by atoms with E-state index in [1.54, 1.807) is 24.3 Å². The van der Waals surface area contributed by atoms with Crippen LogP contribution in [0.15, 0.2) is 72.8 Å². The number of rotatable bonds is 4. The van der Waals surface area contributed by atoms with E-state index in [2.05, 4.69) is 0 Å². The Balaban J connectivity index is 1.58. The van der Waals surface area contributed by atoms with Crippen LogP contribution < -0.4 is 9.96 Å². The second-order valence-electron chi connectivity index (χ2n) is 7.65. The predicted octanol–water partition coefficient (Wildman–Crippen LogP) is 4.00. The summed E-state index contributed by atoms with van der Waals surface area (Å²) < 4.78 is 0. The highest BCUT2D eigenvalue weighted by molar-refractivity contribution is 6.33. The third-order valence-electron chi connectivity index (χ3n) is 5.75. The maximum Gasteiger partial charge on any atom is 0.289 e. The number of carbonyl (C=O) groups is 2. The summed E-state index contributed by atoms with van der Waals surface area (Å²) in [5, 5.41) is 22.4. The van der Waals surface area contributed by atoms with Gasteiger partial charge in [-0.15, -0.1) is 0 Å². The van der Waals surface area contributed by atoms with Crippen molar-refractivity contribution in [3.05, 3.63) is 93.5 Å². The molecule has 3 aromatic rings. The molecule has 0 aromatic heterocycles. The summed E-state index contributed by atoms with van der Waals surface area (Å²) in [6.45, 7) is 0. The maximum absolute atomic E-state index is 13.5. The summed E-state index contributed by atoms with van der Waals surface area (Å²) in [5.41, 5.74) is 0.956. The third kappa shape index (κ3) is 3.38. The first-order chi connectivity index (χ1) is 15.9. The number of benzene rings is 3. The van der Waals surface area contributed by atoms with E-state index in [1.807, 2.05) is 18.2 Å². The Bertz CT molecular complexity index is 1270. The van der Waals surface area contributed by atoms with Gasteiger partial charge in [0.25, 0.3) is 11.6 Å². The van der Waals surface area contributed by atoms with Crippen molar-refractivity contribution < 1.29 is 24.5 Å². The molecule has 3 atom stereocenters. The number of aromatic hydroxyl groups is 1. The number of para-hydroxylation sites is 1. The SMILES string of the molecule is O=C1[C@H]2[C@@H](ON(c3ccccc3)[C@H]2c2ccc(O)cc2)C(=O)N1c1ccc(Cl)c([N+](=O)[O-])c1. The fraction of sp³-hybridized carbons (Fsp3) is 0.130. The minimum Gasteiger partial charge on any atom is -0.508 e. The first kappa shape index (κ1) is 20.9. The number of phenols is 1. The molecule has 0 radical (unpaired) electrons. The summed E-state index contributed by atoms with van der Waals surface area (Å²) in [5.74, 6) is -2.01. The van der Waals surface area contributed by atoms with Gasteiger partial charge in [0.1, 0.15) is 16.7 Å². The van der Waals surface area contributed by atoms with Gasteiger partial charge in [0.2, 0.25) is 5.91 Å². The van der Waals surface area contributed by atoms with Crippen molar-refractivity contribution in [1.82, 2.24) is 0 Å². The summed E-state index contributed by atoms with van der Waals surface area (Å²) in [7, 11) is 0. The quantitative estimate of drug-likeness (QED) is 0.352. The molecule has 0 spiro atoms. The van der Waals surface area contributed by atoms with E-state index in [0.717, 1.165) is 11.0 Å². The van der Waals surface area contributed by atoms with Crippen LogP contribution in [0.1, 0.15) is 11.6 Å². The van der Waals surface area contributed by atoms with Gasteiger partial charge < -0.3 is 5.11 Å². The molecule has 0 saturated carbocycles. The van der Waals surface area contributed by atoms with Gasteiger partial charge in [-0.1, -0.05) is 41.9 Å². The Kier molecular flexibility index (Phi) is 4.99. The molecule has 2 amide bonds. The molecule has 33 heavy (non-hydrogen) atoms. The van der Waals surface area contributed by atoms with Crippen LogP contribution in [-0.4, -0.2) is 27.9 Å². The number of anilines is 2. The van der Waals surface area contributed by atoms with Crippen molar-refractivity contribution in [3.63, 3.8) is 0 Å². The van der Waals surface area contributed by atoms with Crippen LogP contribution >= 0.6 is 11.6 Å². The van der Waals surface area contributed by atoms with Gasteiger partial charge in [-0.05, 0) is 42.0 Å². The van der Waals surface area contributed by atoms with Gasteiger partial charge in [-0.3, -0.25) is 24.5 Å². The van der Waals surface area contributed by atoms with Gasteiger partial charge in [0, 0.05) is 6.07 Å². The first-order valence-electron chi connectivity index (χ1n) is 9.98. The van der Waals surface area contributed by atoms with E-state index in [9.17, 15) is 24.8 Å². The zero-order chi connectivity index (χ0) is 23.3. The standard InChI is InChI=1S/C23H16ClN3O6/c24-17-11-8-15(12-18(17)27(31)32)25-22(29)19-20(13-6-9-16(28)10-7-13)26(33-21(19)23(25)30)14-4-2-1-3-5-14/h1-12,19-21,28H/t19-,20+,21-/m1/s1. The Labute approximate surface area is 192 Å². The van der Waals surface area contributed by atoms with Gasteiger partial charge in [-0.2, -0.15) is 0 Å². The molecule has 1 N–H and O–H groups in total. The van der Waals surface area contributed by atoms with Crippen LogP contribution in [-0.2, 0) is 14.4 Å². The Morgan fingerprint density at radius 3 is 2.30 bits per heavy atom. The van der Waals surface area contributed by atoms with Crippen molar-refractivity contribution in [2.24, 2.45) is 5.92 Å². The summed E-state index contributed by atoms with van der Waals surface area (Å²) >= 11 is 5.89. The zero-order valence-corrected chi connectivity index (χ0v) is 17.6. The Hall–Kier alpha value is -3.95. The molecule has 2 aliphatic rings. The van der Waals surface area contributed by atoms with Crippen LogP contribution in [0.5, 0.6) is 5.75 Å². The smallest absolute Gasteiger partial charge is 0.289 e. The number of phenolic OH excluding ortho intramolecular Hbond substituents is 1. The topological polar surface area (TPSA) is 113 Å². The number of nitro groups is 1. The average molecular weight is 466 g/mol. The Morgan fingerprint density at radius 2 is 1.64 bits per heavy atom. The second-order valence-corrected chi connectivity index (χ2v) is 8.06.